The van der Waals surface area contributed by atoms with E-state index in [9.17, 15) is 0 Å². The number of hydrogen-bond donors (Lipinski definition) is 1. The predicted molar refractivity (Wildman–Crippen MR) is 91.5 cm³/mol. The van der Waals surface area contributed by atoms with Crippen LogP contribution in [0.2, 0.25) is 0 Å². The zero-order valence-corrected chi connectivity index (χ0v) is 14.2. The molecule has 3 atom stereocenters. The van der Waals surface area contributed by atoms with Crippen molar-refractivity contribution in [1.29, 1.82) is 0 Å². The fraction of sp³-hybridized carbons (Fsp3) is 0.684. The molecule has 0 saturated heterocycles. The van der Waals surface area contributed by atoms with Crippen molar-refractivity contribution in [2.75, 3.05) is 14.1 Å². The van der Waals surface area contributed by atoms with Crippen LogP contribution in [0.25, 0.3) is 0 Å². The third-order valence-electron chi connectivity index (χ3n) is 5.07. The number of nitrogens with zero attached hydrogens (tertiary/aromatic N) is 1. The summed E-state index contributed by atoms with van der Waals surface area (Å²) in [5, 5.41) is 3.55. The van der Waals surface area contributed by atoms with Crippen molar-refractivity contribution in [1.82, 2.24) is 10.2 Å². The van der Waals surface area contributed by atoms with E-state index in [-0.39, 0.29) is 0 Å². The maximum absolute atomic E-state index is 3.55. The van der Waals surface area contributed by atoms with Crippen LogP contribution >= 0.6 is 0 Å². The van der Waals surface area contributed by atoms with E-state index < -0.39 is 0 Å². The molecule has 21 heavy (non-hydrogen) atoms. The lowest BCUT2D eigenvalue weighted by molar-refractivity contribution is 0.114. The Hall–Kier alpha value is -0.860. The summed E-state index contributed by atoms with van der Waals surface area (Å²) < 4.78 is 0. The van der Waals surface area contributed by atoms with Gasteiger partial charge in [-0.15, -0.1) is 0 Å². The minimum absolute atomic E-state index is 0.646. The number of likely N-dealkylation sites (N-methyl/N-ethyl adjacent to an activating group) is 2. The van der Waals surface area contributed by atoms with Gasteiger partial charge in [0.05, 0.1) is 0 Å². The molecule has 0 bridgehead atoms. The van der Waals surface area contributed by atoms with E-state index >= 15 is 0 Å². The van der Waals surface area contributed by atoms with Gasteiger partial charge in [-0.2, -0.15) is 0 Å². The minimum Gasteiger partial charge on any atom is -0.315 e. The van der Waals surface area contributed by atoms with Crippen molar-refractivity contribution in [3.63, 3.8) is 0 Å². The first-order valence-corrected chi connectivity index (χ1v) is 8.57. The third-order valence-corrected chi connectivity index (χ3v) is 5.07. The van der Waals surface area contributed by atoms with Crippen LogP contribution in [0, 0.1) is 12.8 Å². The Morgan fingerprint density at radius 3 is 2.76 bits per heavy atom. The average Bonchev–Trinajstić information content (AvgIpc) is 2.47. The van der Waals surface area contributed by atoms with Crippen molar-refractivity contribution in [2.24, 2.45) is 5.92 Å². The number of rotatable bonds is 6. The lowest BCUT2D eigenvalue weighted by Crippen LogP contribution is -2.50. The molecule has 0 spiro atoms. The number of nitrogens with one attached hydrogen (secondary N) is 1. The number of aryl methyl sites for hydroxylation is 1. The highest BCUT2D eigenvalue weighted by Crippen LogP contribution is 2.31. The Morgan fingerprint density at radius 1 is 1.29 bits per heavy atom. The molecule has 118 valence electrons. The second-order valence-corrected chi connectivity index (χ2v) is 6.83. The Bertz CT molecular complexity index is 429. The lowest BCUT2D eigenvalue weighted by Gasteiger charge is -2.41. The smallest absolute Gasteiger partial charge is 0.0252 e. The van der Waals surface area contributed by atoms with Crippen LogP contribution < -0.4 is 5.32 Å². The van der Waals surface area contributed by atoms with Gasteiger partial charge in [0.1, 0.15) is 0 Å². The fourth-order valence-electron chi connectivity index (χ4n) is 3.94. The Morgan fingerprint density at radius 2 is 2.10 bits per heavy atom. The Labute approximate surface area is 130 Å². The van der Waals surface area contributed by atoms with Gasteiger partial charge in [0.2, 0.25) is 0 Å². The van der Waals surface area contributed by atoms with Crippen LogP contribution in [0.4, 0.5) is 0 Å². The van der Waals surface area contributed by atoms with Gasteiger partial charge < -0.3 is 5.32 Å². The van der Waals surface area contributed by atoms with E-state index in [1.54, 1.807) is 0 Å². The molecule has 1 N–H and O–H groups in total. The number of hydrogen-bond acceptors (Lipinski definition) is 2. The molecule has 1 aliphatic carbocycles. The molecule has 2 heteroatoms. The van der Waals surface area contributed by atoms with Crippen molar-refractivity contribution >= 4 is 0 Å². The SMILES string of the molecule is CCCC1CCC(NC)C(N(C)Cc2cccc(C)c2)C1. The molecule has 0 aromatic heterocycles. The van der Waals surface area contributed by atoms with E-state index in [2.05, 4.69) is 62.4 Å². The molecular weight excluding hydrogens is 256 g/mol. The summed E-state index contributed by atoms with van der Waals surface area (Å²) in [7, 11) is 4.42. The van der Waals surface area contributed by atoms with Crippen LogP contribution in [0.1, 0.15) is 50.2 Å². The van der Waals surface area contributed by atoms with Gasteiger partial charge in [-0.25, -0.2) is 0 Å². The topological polar surface area (TPSA) is 15.3 Å². The Balaban J connectivity index is 2.01. The second-order valence-electron chi connectivity index (χ2n) is 6.83. The molecule has 0 heterocycles. The third kappa shape index (κ3) is 4.55. The van der Waals surface area contributed by atoms with E-state index in [0.717, 1.165) is 12.5 Å². The van der Waals surface area contributed by atoms with Gasteiger partial charge in [0.25, 0.3) is 0 Å². The summed E-state index contributed by atoms with van der Waals surface area (Å²) >= 11 is 0. The first kappa shape index (κ1) is 16.5. The summed E-state index contributed by atoms with van der Waals surface area (Å²) in [4.78, 5) is 2.57. The average molecular weight is 288 g/mol. The molecule has 1 fully saturated rings. The molecule has 1 aromatic rings. The zero-order valence-electron chi connectivity index (χ0n) is 14.2. The van der Waals surface area contributed by atoms with Crippen LogP contribution in [0.5, 0.6) is 0 Å². The first-order valence-electron chi connectivity index (χ1n) is 8.57. The van der Waals surface area contributed by atoms with Crippen LogP contribution in [0.15, 0.2) is 24.3 Å². The molecule has 0 amide bonds. The van der Waals surface area contributed by atoms with Gasteiger partial charge >= 0.3 is 0 Å². The second kappa shape index (κ2) is 7.95. The Kier molecular flexibility index (Phi) is 6.25. The predicted octanol–water partition coefficient (Wildman–Crippen LogP) is 3.98. The summed E-state index contributed by atoms with van der Waals surface area (Å²) in [5.74, 6) is 0.921. The lowest BCUT2D eigenvalue weighted by atomic mass is 9.79. The van der Waals surface area contributed by atoms with Crippen LogP contribution in [0.3, 0.4) is 0 Å². The van der Waals surface area contributed by atoms with Crippen molar-refractivity contribution in [2.45, 2.75) is 64.6 Å². The number of benzene rings is 1. The van der Waals surface area contributed by atoms with Gasteiger partial charge in [-0.1, -0.05) is 49.6 Å². The summed E-state index contributed by atoms with van der Waals surface area (Å²) in [6.07, 6.45) is 6.79. The first-order chi connectivity index (χ1) is 10.1. The summed E-state index contributed by atoms with van der Waals surface area (Å²) in [5.41, 5.74) is 2.79. The highest BCUT2D eigenvalue weighted by Gasteiger charge is 2.31. The minimum atomic E-state index is 0.646. The summed E-state index contributed by atoms with van der Waals surface area (Å²) in [6, 6.07) is 10.2. The molecule has 0 radical (unpaired) electrons. The molecule has 1 aromatic carbocycles. The summed E-state index contributed by atoms with van der Waals surface area (Å²) in [6.45, 7) is 5.55. The molecule has 1 saturated carbocycles. The fourth-order valence-corrected chi connectivity index (χ4v) is 3.94. The highest BCUT2D eigenvalue weighted by atomic mass is 15.2. The highest BCUT2D eigenvalue weighted by molar-refractivity contribution is 5.22. The van der Waals surface area contributed by atoms with E-state index in [0.29, 0.717) is 12.1 Å². The molecule has 2 nitrogen and oxygen atoms in total. The largest absolute Gasteiger partial charge is 0.315 e. The van der Waals surface area contributed by atoms with Crippen molar-refractivity contribution < 1.29 is 0 Å². The van der Waals surface area contributed by atoms with Crippen molar-refractivity contribution in [3.8, 4) is 0 Å². The van der Waals surface area contributed by atoms with Crippen LogP contribution in [-0.4, -0.2) is 31.1 Å². The maximum Gasteiger partial charge on any atom is 0.0252 e. The molecular formula is C19H32N2. The monoisotopic (exact) mass is 288 g/mol. The molecule has 2 rings (SSSR count). The van der Waals surface area contributed by atoms with Gasteiger partial charge in [0.15, 0.2) is 0 Å². The van der Waals surface area contributed by atoms with Gasteiger partial charge in [0, 0.05) is 18.6 Å². The normalized spacial score (nSPS) is 26.2. The van der Waals surface area contributed by atoms with E-state index in [1.165, 1.54) is 43.2 Å². The van der Waals surface area contributed by atoms with E-state index in [1.807, 2.05) is 0 Å². The van der Waals surface area contributed by atoms with E-state index in [4.69, 9.17) is 0 Å². The quantitative estimate of drug-likeness (QED) is 0.851. The van der Waals surface area contributed by atoms with Crippen molar-refractivity contribution in [3.05, 3.63) is 35.4 Å². The zero-order chi connectivity index (χ0) is 15.2. The standard InChI is InChI=1S/C19H32N2/c1-5-7-16-10-11-18(20-3)19(13-16)21(4)14-17-9-6-8-15(2)12-17/h6,8-9,12,16,18-20H,5,7,10-11,13-14H2,1-4H3. The molecule has 0 aliphatic heterocycles. The maximum atomic E-state index is 3.55. The molecule has 3 unspecified atom stereocenters. The van der Waals surface area contributed by atoms with Gasteiger partial charge in [-0.05, 0) is 51.8 Å². The molecule has 1 aliphatic rings. The van der Waals surface area contributed by atoms with Gasteiger partial charge in [-0.3, -0.25) is 4.90 Å². The van der Waals surface area contributed by atoms with Crippen LogP contribution in [-0.2, 0) is 6.54 Å².